The van der Waals surface area contributed by atoms with E-state index in [2.05, 4.69) is 27.3 Å². The molecule has 1 fully saturated rings. The Morgan fingerprint density at radius 3 is 2.79 bits per heavy atom. The van der Waals surface area contributed by atoms with E-state index < -0.39 is 0 Å². The highest BCUT2D eigenvalue weighted by Gasteiger charge is 2.29. The first-order valence-corrected chi connectivity index (χ1v) is 10.0. The maximum Gasteiger partial charge on any atom is 0.256 e. The average Bonchev–Trinajstić information content (AvgIpc) is 3.29. The number of nitrogens with one attached hydrogen (secondary N) is 1. The second-order valence-electron chi connectivity index (χ2n) is 7.53. The maximum atomic E-state index is 13.3. The second kappa shape index (κ2) is 7.51. The fraction of sp³-hybridized carbons (Fsp3) is 0.208. The molecule has 3 heterocycles. The predicted molar refractivity (Wildman–Crippen MR) is 114 cm³/mol. The summed E-state index contributed by atoms with van der Waals surface area (Å²) in [4.78, 5) is 19.8. The van der Waals surface area contributed by atoms with Crippen molar-refractivity contribution in [3.63, 3.8) is 0 Å². The summed E-state index contributed by atoms with van der Waals surface area (Å²) in [5, 5.41) is 8.50. The van der Waals surface area contributed by atoms with E-state index in [9.17, 15) is 4.79 Å². The second-order valence-corrected chi connectivity index (χ2v) is 7.53. The Hall–Kier alpha value is -3.47. The number of carbonyl (C=O) groups is 1. The molecule has 2 aromatic carbocycles. The SMILES string of the molecule is O=C(c1cccc2cccnc12)N1CCC[C@H](c2[nH]ncc2-c2ccccc2)C1. The van der Waals surface area contributed by atoms with Crippen molar-refractivity contribution in [1.82, 2.24) is 20.1 Å². The molecule has 1 amide bonds. The number of carbonyl (C=O) groups excluding carboxylic acids is 1. The van der Waals surface area contributed by atoms with Crippen LogP contribution in [0.4, 0.5) is 0 Å². The molecule has 1 atom stereocenters. The van der Waals surface area contributed by atoms with Gasteiger partial charge in [-0.25, -0.2) is 0 Å². The topological polar surface area (TPSA) is 61.9 Å². The van der Waals surface area contributed by atoms with E-state index in [-0.39, 0.29) is 11.8 Å². The van der Waals surface area contributed by atoms with Crippen LogP contribution in [0.2, 0.25) is 0 Å². The lowest BCUT2D eigenvalue weighted by molar-refractivity contribution is 0.0708. The van der Waals surface area contributed by atoms with Gasteiger partial charge in [-0.2, -0.15) is 5.10 Å². The number of para-hydroxylation sites is 1. The number of fused-ring (bicyclic) bond motifs is 1. The Kier molecular flexibility index (Phi) is 4.56. The first-order chi connectivity index (χ1) is 14.3. The van der Waals surface area contributed by atoms with Crippen LogP contribution in [0, 0.1) is 0 Å². The van der Waals surface area contributed by atoms with E-state index >= 15 is 0 Å². The summed E-state index contributed by atoms with van der Waals surface area (Å²) in [5.74, 6) is 0.299. The van der Waals surface area contributed by atoms with Gasteiger partial charge in [0.2, 0.25) is 0 Å². The van der Waals surface area contributed by atoms with Gasteiger partial charge in [0.1, 0.15) is 0 Å². The molecule has 0 saturated carbocycles. The highest BCUT2D eigenvalue weighted by atomic mass is 16.2. The number of piperidine rings is 1. The van der Waals surface area contributed by atoms with Crippen LogP contribution >= 0.6 is 0 Å². The minimum absolute atomic E-state index is 0.0553. The first kappa shape index (κ1) is 17.6. The number of nitrogens with zero attached hydrogens (tertiary/aromatic N) is 3. The molecule has 0 aliphatic carbocycles. The number of aromatic amines is 1. The zero-order valence-corrected chi connectivity index (χ0v) is 16.1. The lowest BCUT2D eigenvalue weighted by Crippen LogP contribution is -2.39. The van der Waals surface area contributed by atoms with Crippen LogP contribution < -0.4 is 0 Å². The van der Waals surface area contributed by atoms with Crippen LogP contribution in [0.1, 0.15) is 34.8 Å². The van der Waals surface area contributed by atoms with Crippen molar-refractivity contribution < 1.29 is 4.79 Å². The van der Waals surface area contributed by atoms with Gasteiger partial charge in [-0.3, -0.25) is 14.9 Å². The van der Waals surface area contributed by atoms with E-state index in [1.165, 1.54) is 0 Å². The molecule has 5 nitrogen and oxygen atoms in total. The third kappa shape index (κ3) is 3.29. The third-order valence-electron chi connectivity index (χ3n) is 5.73. The van der Waals surface area contributed by atoms with Crippen LogP contribution in [-0.4, -0.2) is 39.1 Å². The van der Waals surface area contributed by atoms with E-state index in [0.29, 0.717) is 12.1 Å². The van der Waals surface area contributed by atoms with Gasteiger partial charge in [0, 0.05) is 41.8 Å². The van der Waals surface area contributed by atoms with Crippen LogP contribution in [0.15, 0.2) is 73.1 Å². The summed E-state index contributed by atoms with van der Waals surface area (Å²) in [6.07, 6.45) is 5.65. The lowest BCUT2D eigenvalue weighted by Gasteiger charge is -2.33. The Balaban J connectivity index is 1.43. The fourth-order valence-corrected chi connectivity index (χ4v) is 4.30. The van der Waals surface area contributed by atoms with Crippen LogP contribution in [0.3, 0.4) is 0 Å². The summed E-state index contributed by atoms with van der Waals surface area (Å²) in [5.41, 5.74) is 4.84. The van der Waals surface area contributed by atoms with Gasteiger partial charge in [-0.1, -0.05) is 48.5 Å². The van der Waals surface area contributed by atoms with Crippen molar-refractivity contribution in [3.8, 4) is 11.1 Å². The van der Waals surface area contributed by atoms with E-state index in [0.717, 1.165) is 47.1 Å². The Bertz CT molecular complexity index is 1150. The molecule has 1 aliphatic heterocycles. The van der Waals surface area contributed by atoms with Crippen molar-refractivity contribution in [2.45, 2.75) is 18.8 Å². The number of hydrogen-bond donors (Lipinski definition) is 1. The number of rotatable bonds is 3. The quantitative estimate of drug-likeness (QED) is 0.561. The van der Waals surface area contributed by atoms with Crippen molar-refractivity contribution in [2.24, 2.45) is 0 Å². The first-order valence-electron chi connectivity index (χ1n) is 10.0. The van der Waals surface area contributed by atoms with Crippen LogP contribution in [-0.2, 0) is 0 Å². The standard InChI is InChI=1S/C24H22N4O/c29-24(20-12-4-9-18-10-5-13-25-22(18)20)28-14-6-11-19(16-28)23-21(15-26-27-23)17-7-2-1-3-8-17/h1-5,7-10,12-13,15,19H,6,11,14,16H2,(H,26,27)/t19-/m0/s1. The fourth-order valence-electron chi connectivity index (χ4n) is 4.30. The van der Waals surface area contributed by atoms with Gasteiger partial charge < -0.3 is 4.90 Å². The molecular weight excluding hydrogens is 360 g/mol. The lowest BCUT2D eigenvalue weighted by atomic mass is 9.90. The van der Waals surface area contributed by atoms with Crippen molar-refractivity contribution in [2.75, 3.05) is 13.1 Å². The Morgan fingerprint density at radius 1 is 1.03 bits per heavy atom. The number of H-pyrrole nitrogens is 1. The molecular formula is C24H22N4O. The number of hydrogen-bond acceptors (Lipinski definition) is 3. The monoisotopic (exact) mass is 382 g/mol. The number of aromatic nitrogens is 3. The minimum atomic E-state index is 0.0553. The van der Waals surface area contributed by atoms with Crippen LogP contribution in [0.5, 0.6) is 0 Å². The van der Waals surface area contributed by atoms with E-state index in [1.54, 1.807) is 6.20 Å². The molecule has 1 aliphatic rings. The molecule has 0 unspecified atom stereocenters. The zero-order valence-electron chi connectivity index (χ0n) is 16.1. The third-order valence-corrected chi connectivity index (χ3v) is 5.73. The molecule has 5 heteroatoms. The van der Waals surface area contributed by atoms with Gasteiger partial charge in [0.05, 0.1) is 17.3 Å². The molecule has 29 heavy (non-hydrogen) atoms. The number of benzene rings is 2. The van der Waals surface area contributed by atoms with E-state index in [1.807, 2.05) is 59.6 Å². The molecule has 2 aromatic heterocycles. The molecule has 0 radical (unpaired) electrons. The molecule has 0 spiro atoms. The average molecular weight is 382 g/mol. The zero-order chi connectivity index (χ0) is 19.6. The van der Waals surface area contributed by atoms with Gasteiger partial charge in [-0.15, -0.1) is 0 Å². The normalized spacial score (nSPS) is 16.8. The Labute approximate surface area is 169 Å². The predicted octanol–water partition coefficient (Wildman–Crippen LogP) is 4.64. The maximum absolute atomic E-state index is 13.3. The van der Waals surface area contributed by atoms with E-state index in [4.69, 9.17) is 0 Å². The summed E-state index contributed by atoms with van der Waals surface area (Å²) < 4.78 is 0. The largest absolute Gasteiger partial charge is 0.338 e. The summed E-state index contributed by atoms with van der Waals surface area (Å²) in [6.45, 7) is 1.46. The number of likely N-dealkylation sites (tertiary alicyclic amines) is 1. The summed E-state index contributed by atoms with van der Waals surface area (Å²) in [7, 11) is 0. The highest BCUT2D eigenvalue weighted by molar-refractivity contribution is 6.05. The van der Waals surface area contributed by atoms with Gasteiger partial charge in [0.25, 0.3) is 5.91 Å². The van der Waals surface area contributed by atoms with Gasteiger partial charge in [-0.05, 0) is 30.5 Å². The molecule has 144 valence electrons. The van der Waals surface area contributed by atoms with Gasteiger partial charge in [0.15, 0.2) is 0 Å². The molecule has 1 N–H and O–H groups in total. The van der Waals surface area contributed by atoms with Crippen molar-refractivity contribution in [3.05, 3.63) is 84.3 Å². The molecule has 4 aromatic rings. The molecule has 0 bridgehead atoms. The smallest absolute Gasteiger partial charge is 0.256 e. The van der Waals surface area contributed by atoms with Gasteiger partial charge >= 0.3 is 0 Å². The van der Waals surface area contributed by atoms with Crippen LogP contribution in [0.25, 0.3) is 22.0 Å². The van der Waals surface area contributed by atoms with Crippen molar-refractivity contribution in [1.29, 1.82) is 0 Å². The molecule has 1 saturated heterocycles. The van der Waals surface area contributed by atoms with Crippen molar-refractivity contribution >= 4 is 16.8 Å². The summed E-state index contributed by atoms with van der Waals surface area (Å²) >= 11 is 0. The molecule has 5 rings (SSSR count). The number of pyridine rings is 1. The summed E-state index contributed by atoms with van der Waals surface area (Å²) in [6, 6.07) is 20.0. The highest BCUT2D eigenvalue weighted by Crippen LogP contribution is 2.33. The Morgan fingerprint density at radius 2 is 1.90 bits per heavy atom. The minimum Gasteiger partial charge on any atom is -0.338 e. The number of amides is 1.